The number of alkyl halides is 1. The molecule has 0 aromatic heterocycles. The number of halogens is 1. The van der Waals surface area contributed by atoms with Gasteiger partial charge in [0.15, 0.2) is 0 Å². The fourth-order valence-corrected chi connectivity index (χ4v) is 5.79. The van der Waals surface area contributed by atoms with E-state index < -0.39 is 0 Å². The molecule has 3 unspecified atom stereocenters. The van der Waals surface area contributed by atoms with Crippen LogP contribution in [-0.4, -0.2) is 32.3 Å². The van der Waals surface area contributed by atoms with Crippen LogP contribution in [0.15, 0.2) is 4.99 Å². The van der Waals surface area contributed by atoms with Crippen molar-refractivity contribution < 1.29 is 0 Å². The Morgan fingerprint density at radius 1 is 1.04 bits per heavy atom. The molecule has 23 heavy (non-hydrogen) atoms. The van der Waals surface area contributed by atoms with Crippen LogP contribution < -0.4 is 0 Å². The molecule has 1 saturated heterocycles. The molecule has 2 rings (SSSR count). The Balaban J connectivity index is 2.31. The Morgan fingerprint density at radius 2 is 1.70 bits per heavy atom. The summed E-state index contributed by atoms with van der Waals surface area (Å²) in [5.74, 6) is 2.20. The number of nitrogens with zero attached hydrogens (tertiary/aromatic N) is 2. The molecule has 1 aliphatic carbocycles. The Bertz CT molecular complexity index is 400. The summed E-state index contributed by atoms with van der Waals surface area (Å²) in [5.41, 5.74) is 0. The molecule has 2 nitrogen and oxygen atoms in total. The normalized spacial score (nSPS) is 35.7. The Hall–Kier alpha value is 0.200. The van der Waals surface area contributed by atoms with E-state index in [1.54, 1.807) is 0 Å². The van der Waals surface area contributed by atoms with Crippen LogP contribution in [0.4, 0.5) is 0 Å². The van der Waals surface area contributed by atoms with Gasteiger partial charge in [0.1, 0.15) is 0 Å². The fourth-order valence-electron chi connectivity index (χ4n) is 4.68. The standard InChI is InChI=1S/C20H37IN2/c1-15(2)22-19-13-12-17-18(23(19)16(3)4)11-9-7-6-8-10-14-20(17,5)21/h15-18H,6-14H2,1-5H3. The zero-order chi connectivity index (χ0) is 17.0. The van der Waals surface area contributed by atoms with Crippen molar-refractivity contribution in [1.82, 2.24) is 4.90 Å². The lowest BCUT2D eigenvalue weighted by Crippen LogP contribution is -2.56. The van der Waals surface area contributed by atoms with E-state index in [9.17, 15) is 0 Å². The van der Waals surface area contributed by atoms with Crippen LogP contribution in [0.1, 0.15) is 92.4 Å². The smallest absolute Gasteiger partial charge is 0.0997 e. The number of rotatable bonds is 2. The van der Waals surface area contributed by atoms with Gasteiger partial charge in [-0.15, -0.1) is 0 Å². The quantitative estimate of drug-likeness (QED) is 0.374. The average Bonchev–Trinajstić information content (AvgIpc) is 2.44. The van der Waals surface area contributed by atoms with Crippen molar-refractivity contribution in [3.63, 3.8) is 0 Å². The molecule has 134 valence electrons. The number of aliphatic imine (C=N–C) groups is 1. The molecule has 2 fully saturated rings. The third-order valence-corrected chi connectivity index (χ3v) is 7.04. The van der Waals surface area contributed by atoms with Gasteiger partial charge in [0.05, 0.1) is 5.84 Å². The van der Waals surface area contributed by atoms with Gasteiger partial charge < -0.3 is 4.90 Å². The van der Waals surface area contributed by atoms with Gasteiger partial charge in [-0.2, -0.15) is 0 Å². The molecule has 3 heteroatoms. The minimum absolute atomic E-state index is 0.410. The van der Waals surface area contributed by atoms with Gasteiger partial charge in [-0.05, 0) is 52.9 Å². The minimum atomic E-state index is 0.410. The van der Waals surface area contributed by atoms with E-state index >= 15 is 0 Å². The summed E-state index contributed by atoms with van der Waals surface area (Å²) in [6, 6.07) is 1.67. The summed E-state index contributed by atoms with van der Waals surface area (Å²) in [6.45, 7) is 11.7. The lowest BCUT2D eigenvalue weighted by Gasteiger charge is -2.51. The lowest BCUT2D eigenvalue weighted by atomic mass is 9.74. The highest BCUT2D eigenvalue weighted by Gasteiger charge is 2.43. The fraction of sp³-hybridized carbons (Fsp3) is 0.950. The van der Waals surface area contributed by atoms with E-state index in [1.807, 2.05) is 0 Å². The molecule has 1 aliphatic heterocycles. The van der Waals surface area contributed by atoms with Gasteiger partial charge in [0.25, 0.3) is 0 Å². The number of amidine groups is 1. The molecule has 0 radical (unpaired) electrons. The van der Waals surface area contributed by atoms with Crippen molar-refractivity contribution in [2.45, 2.75) is 114 Å². The van der Waals surface area contributed by atoms with E-state index in [4.69, 9.17) is 4.99 Å². The topological polar surface area (TPSA) is 15.6 Å². The molecule has 0 bridgehead atoms. The Morgan fingerprint density at radius 3 is 2.35 bits per heavy atom. The second-order valence-corrected chi connectivity index (χ2v) is 10.9. The van der Waals surface area contributed by atoms with E-state index in [2.05, 4.69) is 62.1 Å². The maximum Gasteiger partial charge on any atom is 0.0997 e. The second kappa shape index (κ2) is 8.53. The first-order valence-electron chi connectivity index (χ1n) is 9.87. The lowest BCUT2D eigenvalue weighted by molar-refractivity contribution is 0.119. The molecular formula is C20H37IN2. The highest BCUT2D eigenvalue weighted by atomic mass is 127. The van der Waals surface area contributed by atoms with Crippen LogP contribution in [0, 0.1) is 5.92 Å². The van der Waals surface area contributed by atoms with E-state index in [0.29, 0.717) is 21.5 Å². The Kier molecular flexibility index (Phi) is 7.24. The predicted octanol–water partition coefficient (Wildman–Crippen LogP) is 6.22. The first-order chi connectivity index (χ1) is 10.8. The SMILES string of the molecule is CC(C)N=C1CCC2C(CCCCCCCC2(C)I)N1C(C)C. The van der Waals surface area contributed by atoms with Gasteiger partial charge in [0.2, 0.25) is 0 Å². The molecule has 0 spiro atoms. The number of piperidine rings is 1. The van der Waals surface area contributed by atoms with Crippen molar-refractivity contribution in [2.75, 3.05) is 0 Å². The highest BCUT2D eigenvalue weighted by molar-refractivity contribution is 14.1. The Labute approximate surface area is 158 Å². The summed E-state index contributed by atoms with van der Waals surface area (Å²) >= 11 is 2.80. The molecule has 1 saturated carbocycles. The first kappa shape index (κ1) is 19.5. The monoisotopic (exact) mass is 432 g/mol. The second-order valence-electron chi connectivity index (χ2n) is 8.44. The average molecular weight is 432 g/mol. The van der Waals surface area contributed by atoms with Gasteiger partial charge in [-0.3, -0.25) is 4.99 Å². The van der Waals surface area contributed by atoms with Gasteiger partial charge in [0, 0.05) is 28.0 Å². The molecule has 0 N–H and O–H groups in total. The zero-order valence-corrected chi connectivity index (χ0v) is 18.1. The van der Waals surface area contributed by atoms with Crippen molar-refractivity contribution in [2.24, 2.45) is 10.9 Å². The van der Waals surface area contributed by atoms with E-state index in [-0.39, 0.29) is 0 Å². The molecule has 2 aliphatic rings. The number of hydrogen-bond donors (Lipinski definition) is 0. The maximum atomic E-state index is 5.01. The van der Waals surface area contributed by atoms with Crippen LogP contribution in [0.3, 0.4) is 0 Å². The van der Waals surface area contributed by atoms with Gasteiger partial charge in [-0.1, -0.05) is 61.6 Å². The number of fused-ring (bicyclic) bond motifs is 1. The van der Waals surface area contributed by atoms with Crippen LogP contribution in [0.2, 0.25) is 0 Å². The highest BCUT2D eigenvalue weighted by Crippen LogP contribution is 2.45. The minimum Gasteiger partial charge on any atom is -0.355 e. The molecule has 0 amide bonds. The van der Waals surface area contributed by atoms with Crippen molar-refractivity contribution in [1.29, 1.82) is 0 Å². The van der Waals surface area contributed by atoms with Crippen molar-refractivity contribution in [3.05, 3.63) is 0 Å². The zero-order valence-electron chi connectivity index (χ0n) is 15.9. The van der Waals surface area contributed by atoms with Crippen molar-refractivity contribution >= 4 is 28.4 Å². The predicted molar refractivity (Wildman–Crippen MR) is 111 cm³/mol. The van der Waals surface area contributed by atoms with Crippen LogP contribution in [-0.2, 0) is 0 Å². The number of hydrogen-bond acceptors (Lipinski definition) is 1. The molecule has 0 aromatic carbocycles. The van der Waals surface area contributed by atoms with Gasteiger partial charge in [-0.25, -0.2) is 0 Å². The van der Waals surface area contributed by atoms with Crippen LogP contribution >= 0.6 is 22.6 Å². The molecule has 0 aromatic rings. The first-order valence-corrected chi connectivity index (χ1v) is 10.9. The van der Waals surface area contributed by atoms with Crippen molar-refractivity contribution in [3.8, 4) is 0 Å². The third kappa shape index (κ3) is 5.09. The summed E-state index contributed by atoms with van der Waals surface area (Å²) in [7, 11) is 0. The van der Waals surface area contributed by atoms with E-state index in [0.717, 1.165) is 5.92 Å². The number of likely N-dealkylation sites (tertiary alicyclic amines) is 1. The molecule has 1 heterocycles. The summed E-state index contributed by atoms with van der Waals surface area (Å²) < 4.78 is 0.441. The largest absolute Gasteiger partial charge is 0.355 e. The van der Waals surface area contributed by atoms with Crippen LogP contribution in [0.25, 0.3) is 0 Å². The maximum absolute atomic E-state index is 5.01. The summed E-state index contributed by atoms with van der Waals surface area (Å²) in [5, 5.41) is 0. The van der Waals surface area contributed by atoms with E-state index in [1.165, 1.54) is 63.6 Å². The third-order valence-electron chi connectivity index (χ3n) is 5.70. The molecular weight excluding hydrogens is 395 g/mol. The summed E-state index contributed by atoms with van der Waals surface area (Å²) in [6.07, 6.45) is 12.3. The van der Waals surface area contributed by atoms with Crippen LogP contribution in [0.5, 0.6) is 0 Å². The summed E-state index contributed by atoms with van der Waals surface area (Å²) in [4.78, 5) is 7.73. The molecule has 3 atom stereocenters. The van der Waals surface area contributed by atoms with Gasteiger partial charge >= 0.3 is 0 Å².